The number of carbonyl (C=O) groups is 2. The van der Waals surface area contributed by atoms with Gasteiger partial charge in [0.25, 0.3) is 15.3 Å². The first-order valence-electron chi connectivity index (χ1n) is 7.23. The molecule has 0 aliphatic carbocycles. The van der Waals surface area contributed by atoms with Gasteiger partial charge in [0.1, 0.15) is 10.6 Å². The number of amides is 2. The van der Waals surface area contributed by atoms with Crippen LogP contribution < -0.4 is 9.46 Å². The van der Waals surface area contributed by atoms with Crippen LogP contribution in [0, 0.1) is 0 Å². The molecule has 1 N–H and O–H groups in total. The Kier molecular flexibility index (Phi) is 6.53. The van der Waals surface area contributed by atoms with Crippen LogP contribution in [0.15, 0.2) is 27.6 Å². The highest BCUT2D eigenvalue weighted by Gasteiger charge is 2.25. The molecule has 132 valence electrons. The third kappa shape index (κ3) is 4.87. The minimum Gasteiger partial charge on any atom is -0.492 e. The number of hydrogen-bond donors (Lipinski definition) is 1. The Morgan fingerprint density at radius 3 is 2.83 bits per heavy atom. The summed E-state index contributed by atoms with van der Waals surface area (Å²) in [5.74, 6) is 0.198. The number of hydrogen-bond acceptors (Lipinski definition) is 6. The van der Waals surface area contributed by atoms with Gasteiger partial charge in [-0.1, -0.05) is 27.7 Å². The van der Waals surface area contributed by atoms with E-state index in [0.717, 1.165) is 0 Å². The summed E-state index contributed by atoms with van der Waals surface area (Å²) in [7, 11) is -4.06. The fourth-order valence-electron chi connectivity index (χ4n) is 2.09. The number of benzene rings is 1. The molecule has 10 heteroatoms. The van der Waals surface area contributed by atoms with Crippen LogP contribution in [0.4, 0.5) is 4.79 Å². The van der Waals surface area contributed by atoms with E-state index in [1.807, 2.05) is 4.72 Å². The van der Waals surface area contributed by atoms with E-state index in [1.165, 1.54) is 28.8 Å². The summed E-state index contributed by atoms with van der Waals surface area (Å²) >= 11 is 4.40. The van der Waals surface area contributed by atoms with Crippen molar-refractivity contribution in [3.8, 4) is 5.75 Å². The predicted octanol–water partition coefficient (Wildman–Crippen LogP) is 2.21. The van der Waals surface area contributed by atoms with Crippen LogP contribution in [-0.4, -0.2) is 49.9 Å². The van der Waals surface area contributed by atoms with Gasteiger partial charge in [-0.05, 0) is 25.1 Å². The maximum absolute atomic E-state index is 12.4. The Bertz CT molecular complexity index is 739. The standard InChI is InChI=1S/C14H17BrN2O5S2/c1-2-22-11-4-3-10(15)9-12(11)24(20,21)16-13(18)5-6-17-7-8-23-14(17)19/h3-4,9H,2,5-8H2,1H3,(H,16,18). The Hall–Kier alpha value is -1.26. The van der Waals surface area contributed by atoms with Gasteiger partial charge in [-0.15, -0.1) is 0 Å². The number of nitrogens with one attached hydrogen (secondary N) is 1. The molecule has 1 aromatic carbocycles. The number of halogens is 1. The Morgan fingerprint density at radius 1 is 1.46 bits per heavy atom. The minimum atomic E-state index is -4.06. The Balaban J connectivity index is 2.06. The number of rotatable bonds is 7. The molecule has 1 fully saturated rings. The topological polar surface area (TPSA) is 92.8 Å². The lowest BCUT2D eigenvalue weighted by atomic mass is 10.3. The van der Waals surface area contributed by atoms with Crippen LogP contribution >= 0.6 is 27.7 Å². The first kappa shape index (κ1) is 19.1. The van der Waals surface area contributed by atoms with Crippen molar-refractivity contribution in [3.05, 3.63) is 22.7 Å². The summed E-state index contributed by atoms with van der Waals surface area (Å²) in [6.45, 7) is 2.81. The van der Waals surface area contributed by atoms with Gasteiger partial charge in [0, 0.05) is 29.7 Å². The molecule has 1 heterocycles. The monoisotopic (exact) mass is 436 g/mol. The van der Waals surface area contributed by atoms with Crippen LogP contribution in [0.25, 0.3) is 0 Å². The first-order valence-corrected chi connectivity index (χ1v) is 10.5. The molecule has 0 unspecified atom stereocenters. The van der Waals surface area contributed by atoms with E-state index in [9.17, 15) is 18.0 Å². The molecule has 0 spiro atoms. The zero-order chi connectivity index (χ0) is 17.7. The molecule has 1 aromatic rings. The Labute approximate surface area is 153 Å². The summed E-state index contributed by atoms with van der Waals surface area (Å²) in [6, 6.07) is 4.55. The molecule has 24 heavy (non-hydrogen) atoms. The molecule has 0 bridgehead atoms. The van der Waals surface area contributed by atoms with Crippen molar-refractivity contribution in [3.63, 3.8) is 0 Å². The van der Waals surface area contributed by atoms with Crippen molar-refractivity contribution in [2.45, 2.75) is 18.2 Å². The van der Waals surface area contributed by atoms with Gasteiger partial charge >= 0.3 is 0 Å². The molecule has 0 radical (unpaired) electrons. The molecule has 1 saturated heterocycles. The molecular formula is C14H17BrN2O5S2. The van der Waals surface area contributed by atoms with E-state index in [-0.39, 0.29) is 28.8 Å². The molecule has 7 nitrogen and oxygen atoms in total. The van der Waals surface area contributed by atoms with E-state index in [4.69, 9.17) is 4.74 Å². The van der Waals surface area contributed by atoms with Crippen LogP contribution in [0.5, 0.6) is 5.75 Å². The fourth-order valence-corrected chi connectivity index (χ4v) is 4.64. The summed E-state index contributed by atoms with van der Waals surface area (Å²) in [5, 5.41) is -0.0868. The van der Waals surface area contributed by atoms with Gasteiger partial charge < -0.3 is 9.64 Å². The highest BCUT2D eigenvalue weighted by atomic mass is 79.9. The average molecular weight is 437 g/mol. The molecular weight excluding hydrogens is 420 g/mol. The van der Waals surface area contributed by atoms with Crippen molar-refractivity contribution in [1.82, 2.24) is 9.62 Å². The normalized spacial score (nSPS) is 14.8. The molecule has 1 aliphatic rings. The van der Waals surface area contributed by atoms with Crippen LogP contribution in [0.2, 0.25) is 0 Å². The van der Waals surface area contributed by atoms with E-state index in [1.54, 1.807) is 13.0 Å². The minimum absolute atomic E-state index is 0.0799. The molecule has 0 aromatic heterocycles. The first-order chi connectivity index (χ1) is 11.3. The average Bonchev–Trinajstić information content (AvgIpc) is 2.92. The number of ether oxygens (including phenoxy) is 1. The fraction of sp³-hybridized carbons (Fsp3) is 0.429. The SMILES string of the molecule is CCOc1ccc(Br)cc1S(=O)(=O)NC(=O)CCN1CCSC1=O. The second-order valence-corrected chi connectivity index (χ2v) is 8.52. The van der Waals surface area contributed by atoms with Gasteiger partial charge in [0.15, 0.2) is 0 Å². The predicted molar refractivity (Wildman–Crippen MR) is 94.7 cm³/mol. The molecule has 0 atom stereocenters. The van der Waals surface area contributed by atoms with Crippen molar-refractivity contribution in [2.75, 3.05) is 25.4 Å². The van der Waals surface area contributed by atoms with Crippen molar-refractivity contribution < 1.29 is 22.7 Å². The van der Waals surface area contributed by atoms with Crippen molar-refractivity contribution >= 4 is 48.9 Å². The number of carbonyl (C=O) groups excluding carboxylic acids is 2. The van der Waals surface area contributed by atoms with E-state index >= 15 is 0 Å². The lowest BCUT2D eigenvalue weighted by Gasteiger charge is -2.15. The van der Waals surface area contributed by atoms with E-state index < -0.39 is 15.9 Å². The second-order valence-electron chi connectivity index (χ2n) is 4.90. The quantitative estimate of drug-likeness (QED) is 0.703. The largest absolute Gasteiger partial charge is 0.492 e. The summed E-state index contributed by atoms with van der Waals surface area (Å²) in [6.07, 6.45) is -0.0799. The van der Waals surface area contributed by atoms with Gasteiger partial charge in [-0.2, -0.15) is 0 Å². The highest BCUT2D eigenvalue weighted by molar-refractivity contribution is 9.10. The zero-order valence-corrected chi connectivity index (χ0v) is 16.2. The van der Waals surface area contributed by atoms with Crippen LogP contribution in [0.1, 0.15) is 13.3 Å². The van der Waals surface area contributed by atoms with E-state index in [2.05, 4.69) is 15.9 Å². The van der Waals surface area contributed by atoms with Gasteiger partial charge in [-0.25, -0.2) is 13.1 Å². The third-order valence-electron chi connectivity index (χ3n) is 3.20. The van der Waals surface area contributed by atoms with Crippen LogP contribution in [0.3, 0.4) is 0 Å². The molecule has 2 amide bonds. The molecule has 0 saturated carbocycles. The van der Waals surface area contributed by atoms with Crippen molar-refractivity contribution in [1.29, 1.82) is 0 Å². The van der Waals surface area contributed by atoms with Crippen molar-refractivity contribution in [2.24, 2.45) is 0 Å². The lowest BCUT2D eigenvalue weighted by molar-refractivity contribution is -0.119. The Morgan fingerprint density at radius 2 is 2.21 bits per heavy atom. The van der Waals surface area contributed by atoms with Gasteiger partial charge in [0.05, 0.1) is 6.61 Å². The van der Waals surface area contributed by atoms with E-state index in [0.29, 0.717) is 23.4 Å². The maximum atomic E-state index is 12.4. The lowest BCUT2D eigenvalue weighted by Crippen LogP contribution is -2.34. The maximum Gasteiger partial charge on any atom is 0.281 e. The van der Waals surface area contributed by atoms with Gasteiger partial charge in [0.2, 0.25) is 5.91 Å². The summed E-state index contributed by atoms with van der Waals surface area (Å²) < 4.78 is 32.8. The summed E-state index contributed by atoms with van der Waals surface area (Å²) in [4.78, 5) is 24.8. The number of nitrogens with zero attached hydrogens (tertiary/aromatic N) is 1. The van der Waals surface area contributed by atoms with Gasteiger partial charge in [-0.3, -0.25) is 9.59 Å². The second kappa shape index (κ2) is 8.21. The third-order valence-corrected chi connectivity index (χ3v) is 5.98. The number of thioether (sulfide) groups is 1. The van der Waals surface area contributed by atoms with Crippen LogP contribution in [-0.2, 0) is 14.8 Å². The summed E-state index contributed by atoms with van der Waals surface area (Å²) in [5.41, 5.74) is 0. The molecule has 1 aliphatic heterocycles. The molecule has 2 rings (SSSR count). The zero-order valence-electron chi connectivity index (χ0n) is 13.0. The highest BCUT2D eigenvalue weighted by Crippen LogP contribution is 2.27. The number of sulfonamides is 1. The smallest absolute Gasteiger partial charge is 0.281 e.